The topological polar surface area (TPSA) is 55.8 Å². The van der Waals surface area contributed by atoms with E-state index in [0.717, 1.165) is 31.6 Å². The zero-order chi connectivity index (χ0) is 13.4. The Morgan fingerprint density at radius 2 is 1.95 bits per heavy atom. The number of anilines is 1. The largest absolute Gasteiger partial charge is 0.497 e. The predicted molar refractivity (Wildman–Crippen MR) is 68.6 cm³/mol. The van der Waals surface area contributed by atoms with Crippen molar-refractivity contribution in [1.29, 1.82) is 0 Å². The fourth-order valence-corrected chi connectivity index (χ4v) is 2.70. The molecular weight excluding hydrogens is 246 g/mol. The Morgan fingerprint density at radius 3 is 2.63 bits per heavy atom. The van der Waals surface area contributed by atoms with Crippen molar-refractivity contribution in [2.45, 2.75) is 19.3 Å². The van der Waals surface area contributed by atoms with Gasteiger partial charge in [-0.2, -0.15) is 0 Å². The standard InChI is InChI=1S/C14H15NO4/c1-18-10-6-9-7-12(16)19-14(17)13(9)11(8-10)15-4-2-3-5-15/h6,8H,2-5,7H2,1H3. The summed E-state index contributed by atoms with van der Waals surface area (Å²) in [5.74, 6) is -0.378. The van der Waals surface area contributed by atoms with Gasteiger partial charge in [-0.1, -0.05) is 0 Å². The van der Waals surface area contributed by atoms with Crippen LogP contribution < -0.4 is 9.64 Å². The Kier molecular flexibility index (Phi) is 2.89. The third-order valence-corrected chi connectivity index (χ3v) is 3.60. The second kappa shape index (κ2) is 4.57. The Labute approximate surface area is 111 Å². The van der Waals surface area contributed by atoms with Crippen LogP contribution in [0.25, 0.3) is 0 Å². The molecule has 2 aliphatic rings. The Balaban J connectivity index is 2.13. The molecule has 2 aliphatic heterocycles. The first-order valence-electron chi connectivity index (χ1n) is 6.40. The normalized spacial score (nSPS) is 18.3. The van der Waals surface area contributed by atoms with Gasteiger partial charge in [0.2, 0.25) is 0 Å². The summed E-state index contributed by atoms with van der Waals surface area (Å²) in [6, 6.07) is 3.59. The van der Waals surface area contributed by atoms with Crippen LogP contribution in [0, 0.1) is 0 Å². The highest BCUT2D eigenvalue weighted by Gasteiger charge is 2.31. The molecule has 1 aromatic carbocycles. The monoisotopic (exact) mass is 261 g/mol. The molecule has 0 atom stereocenters. The lowest BCUT2D eigenvalue weighted by atomic mass is 9.99. The van der Waals surface area contributed by atoms with Crippen molar-refractivity contribution >= 4 is 17.6 Å². The molecule has 2 heterocycles. The molecule has 5 heteroatoms. The van der Waals surface area contributed by atoms with Crippen LogP contribution in [-0.4, -0.2) is 32.1 Å². The average Bonchev–Trinajstić information content (AvgIpc) is 2.90. The van der Waals surface area contributed by atoms with Gasteiger partial charge >= 0.3 is 11.9 Å². The van der Waals surface area contributed by atoms with E-state index in [9.17, 15) is 9.59 Å². The zero-order valence-electron chi connectivity index (χ0n) is 10.8. The van der Waals surface area contributed by atoms with Crippen molar-refractivity contribution in [2.75, 3.05) is 25.1 Å². The van der Waals surface area contributed by atoms with E-state index in [1.807, 2.05) is 6.07 Å². The molecule has 1 saturated heterocycles. The third-order valence-electron chi connectivity index (χ3n) is 3.60. The summed E-state index contributed by atoms with van der Waals surface area (Å²) in [6.07, 6.45) is 2.35. The van der Waals surface area contributed by atoms with E-state index in [-0.39, 0.29) is 6.42 Å². The SMILES string of the molecule is COc1cc2c(c(N3CCCC3)c1)C(=O)OC(=O)C2. The van der Waals surface area contributed by atoms with E-state index in [0.29, 0.717) is 16.9 Å². The van der Waals surface area contributed by atoms with Gasteiger partial charge < -0.3 is 14.4 Å². The number of nitrogens with zero attached hydrogens (tertiary/aromatic N) is 1. The van der Waals surface area contributed by atoms with E-state index >= 15 is 0 Å². The van der Waals surface area contributed by atoms with Gasteiger partial charge in [-0.25, -0.2) is 4.79 Å². The second-order valence-corrected chi connectivity index (χ2v) is 4.81. The van der Waals surface area contributed by atoms with E-state index in [4.69, 9.17) is 9.47 Å². The number of ether oxygens (including phenoxy) is 2. The number of carbonyl (C=O) groups excluding carboxylic acids is 2. The highest BCUT2D eigenvalue weighted by molar-refractivity contribution is 6.06. The molecule has 0 saturated carbocycles. The number of cyclic esters (lactones) is 2. The van der Waals surface area contributed by atoms with Gasteiger partial charge in [-0.15, -0.1) is 0 Å². The van der Waals surface area contributed by atoms with E-state index in [1.54, 1.807) is 13.2 Å². The molecule has 100 valence electrons. The highest BCUT2D eigenvalue weighted by Crippen LogP contribution is 2.34. The molecule has 0 spiro atoms. The van der Waals surface area contributed by atoms with Crippen molar-refractivity contribution in [3.8, 4) is 5.75 Å². The minimum atomic E-state index is -0.546. The van der Waals surface area contributed by atoms with Gasteiger partial charge in [0.15, 0.2) is 0 Å². The summed E-state index contributed by atoms with van der Waals surface area (Å²) in [4.78, 5) is 25.5. The second-order valence-electron chi connectivity index (χ2n) is 4.81. The smallest absolute Gasteiger partial charge is 0.348 e. The summed E-state index contributed by atoms with van der Waals surface area (Å²) < 4.78 is 10.0. The number of fused-ring (bicyclic) bond motifs is 1. The maximum atomic E-state index is 12.0. The summed E-state index contributed by atoms with van der Waals surface area (Å²) in [6.45, 7) is 1.83. The molecule has 0 N–H and O–H groups in total. The molecule has 0 amide bonds. The minimum absolute atomic E-state index is 0.124. The number of hydrogen-bond acceptors (Lipinski definition) is 5. The zero-order valence-corrected chi connectivity index (χ0v) is 10.8. The summed E-state index contributed by atoms with van der Waals surface area (Å²) in [5.41, 5.74) is 2.04. The molecule has 1 fully saturated rings. The van der Waals surface area contributed by atoms with E-state index in [2.05, 4.69) is 4.90 Å². The first kappa shape index (κ1) is 12.0. The summed E-state index contributed by atoms with van der Waals surface area (Å²) >= 11 is 0. The van der Waals surface area contributed by atoms with Crippen LogP contribution in [0.2, 0.25) is 0 Å². The molecule has 19 heavy (non-hydrogen) atoms. The fourth-order valence-electron chi connectivity index (χ4n) is 2.70. The van der Waals surface area contributed by atoms with Crippen molar-refractivity contribution in [2.24, 2.45) is 0 Å². The van der Waals surface area contributed by atoms with Crippen molar-refractivity contribution in [3.63, 3.8) is 0 Å². The van der Waals surface area contributed by atoms with Gasteiger partial charge in [-0.05, 0) is 24.5 Å². The van der Waals surface area contributed by atoms with Crippen LogP contribution in [0.15, 0.2) is 12.1 Å². The Hall–Kier alpha value is -2.04. The van der Waals surface area contributed by atoms with Crippen molar-refractivity contribution < 1.29 is 19.1 Å². The molecule has 0 unspecified atom stereocenters. The molecular formula is C14H15NO4. The highest BCUT2D eigenvalue weighted by atomic mass is 16.6. The van der Waals surface area contributed by atoms with Gasteiger partial charge in [0.1, 0.15) is 5.75 Å². The lowest BCUT2D eigenvalue weighted by molar-refractivity contribution is -0.137. The average molecular weight is 261 g/mol. The summed E-state index contributed by atoms with van der Waals surface area (Å²) in [5, 5.41) is 0. The Bertz CT molecular complexity index is 547. The number of methoxy groups -OCH3 is 1. The van der Waals surface area contributed by atoms with Crippen LogP contribution in [0.5, 0.6) is 5.75 Å². The number of benzene rings is 1. The molecule has 3 rings (SSSR count). The third kappa shape index (κ3) is 2.05. The first-order valence-corrected chi connectivity index (χ1v) is 6.40. The van der Waals surface area contributed by atoms with Crippen LogP contribution in [-0.2, 0) is 16.0 Å². The number of rotatable bonds is 2. The maximum absolute atomic E-state index is 12.0. The van der Waals surface area contributed by atoms with Gasteiger partial charge in [0.05, 0.1) is 24.8 Å². The molecule has 0 aliphatic carbocycles. The van der Waals surface area contributed by atoms with Crippen LogP contribution in [0.3, 0.4) is 0 Å². The lowest BCUT2D eigenvalue weighted by Crippen LogP contribution is -2.28. The first-order chi connectivity index (χ1) is 9.19. The minimum Gasteiger partial charge on any atom is -0.497 e. The molecule has 0 radical (unpaired) electrons. The Morgan fingerprint density at radius 1 is 1.21 bits per heavy atom. The van der Waals surface area contributed by atoms with Gasteiger partial charge in [0.25, 0.3) is 0 Å². The maximum Gasteiger partial charge on any atom is 0.348 e. The van der Waals surface area contributed by atoms with Crippen LogP contribution >= 0.6 is 0 Å². The van der Waals surface area contributed by atoms with E-state index in [1.165, 1.54) is 0 Å². The molecule has 0 bridgehead atoms. The quantitative estimate of drug-likeness (QED) is 0.597. The predicted octanol–water partition coefficient (Wildman–Crippen LogP) is 1.53. The van der Waals surface area contributed by atoms with Crippen LogP contribution in [0.4, 0.5) is 5.69 Å². The van der Waals surface area contributed by atoms with Crippen molar-refractivity contribution in [3.05, 3.63) is 23.3 Å². The van der Waals surface area contributed by atoms with Gasteiger partial charge in [-0.3, -0.25) is 4.79 Å². The van der Waals surface area contributed by atoms with Crippen LogP contribution in [0.1, 0.15) is 28.8 Å². The lowest BCUT2D eigenvalue weighted by Gasteiger charge is -2.25. The molecule has 5 nitrogen and oxygen atoms in total. The number of hydrogen-bond donors (Lipinski definition) is 0. The molecule has 1 aromatic rings. The van der Waals surface area contributed by atoms with Crippen molar-refractivity contribution in [1.82, 2.24) is 0 Å². The summed E-state index contributed by atoms with van der Waals surface area (Å²) in [7, 11) is 1.58. The number of esters is 2. The van der Waals surface area contributed by atoms with E-state index < -0.39 is 11.9 Å². The van der Waals surface area contributed by atoms with Gasteiger partial charge in [0, 0.05) is 19.2 Å². The fraction of sp³-hybridized carbons (Fsp3) is 0.429. The molecule has 0 aromatic heterocycles. The number of carbonyl (C=O) groups is 2.